The minimum absolute atomic E-state index is 0.0562. The van der Waals surface area contributed by atoms with E-state index in [0.717, 1.165) is 24.0 Å². The smallest absolute Gasteiger partial charge is 0.261 e. The van der Waals surface area contributed by atoms with Crippen molar-refractivity contribution in [1.29, 1.82) is 0 Å². The van der Waals surface area contributed by atoms with Gasteiger partial charge in [-0.3, -0.25) is 14.5 Å². The quantitative estimate of drug-likeness (QED) is 0.495. The molecule has 0 bridgehead atoms. The van der Waals surface area contributed by atoms with E-state index < -0.39 is 0 Å². The summed E-state index contributed by atoms with van der Waals surface area (Å²) in [6.45, 7) is 2.28. The van der Waals surface area contributed by atoms with Crippen LogP contribution in [0.1, 0.15) is 26.3 Å². The number of anilines is 1. The average molecular weight is 437 g/mol. The van der Waals surface area contributed by atoms with Crippen molar-refractivity contribution in [1.82, 2.24) is 4.90 Å². The van der Waals surface area contributed by atoms with Gasteiger partial charge in [-0.25, -0.2) is 0 Å². The van der Waals surface area contributed by atoms with Crippen molar-refractivity contribution < 1.29 is 18.6 Å². The maximum atomic E-state index is 13.2. The Morgan fingerprint density at radius 2 is 1.41 bits per heavy atom. The van der Waals surface area contributed by atoms with Crippen LogP contribution in [0.5, 0.6) is 0 Å². The van der Waals surface area contributed by atoms with Gasteiger partial charge in [-0.1, -0.05) is 30.3 Å². The third-order valence-corrected chi connectivity index (χ3v) is 6.75. The van der Waals surface area contributed by atoms with Crippen molar-refractivity contribution in [3.8, 4) is 0 Å². The van der Waals surface area contributed by atoms with Crippen molar-refractivity contribution in [2.24, 2.45) is 0 Å². The highest BCUT2D eigenvalue weighted by atomic mass is 16.2. The first-order valence-electron chi connectivity index (χ1n) is 11.4. The van der Waals surface area contributed by atoms with Crippen molar-refractivity contribution in [3.05, 3.63) is 65.2 Å². The van der Waals surface area contributed by atoms with Crippen LogP contribution in [0.4, 0.5) is 5.69 Å². The van der Waals surface area contributed by atoms with E-state index in [0.29, 0.717) is 22.2 Å². The number of carbonyl (C=O) groups is 2. The van der Waals surface area contributed by atoms with Crippen LogP contribution in [0.3, 0.4) is 0 Å². The summed E-state index contributed by atoms with van der Waals surface area (Å²) in [5, 5.41) is 0. The lowest BCUT2D eigenvalue weighted by molar-refractivity contribution is -0.908. The van der Waals surface area contributed by atoms with E-state index in [-0.39, 0.29) is 23.9 Å². The number of fused-ring (bicyclic) bond motifs is 2. The summed E-state index contributed by atoms with van der Waals surface area (Å²) in [4.78, 5) is 30.4. The number of carbonyl (C=O) groups excluding carboxylic acids is 2. The van der Waals surface area contributed by atoms with Gasteiger partial charge in [0.1, 0.15) is 18.6 Å². The predicted molar refractivity (Wildman–Crippen MR) is 128 cm³/mol. The van der Waals surface area contributed by atoms with Gasteiger partial charge in [0.05, 0.1) is 60.0 Å². The molecular formula is C26H36N4O2+2. The van der Waals surface area contributed by atoms with Crippen LogP contribution in [0, 0.1) is 0 Å². The molecule has 0 fully saturated rings. The zero-order valence-corrected chi connectivity index (χ0v) is 20.2. The first-order chi connectivity index (χ1) is 15.0. The van der Waals surface area contributed by atoms with Gasteiger partial charge in [0.25, 0.3) is 11.8 Å². The Balaban J connectivity index is 1.72. The maximum absolute atomic E-state index is 13.2. The molecule has 2 aliphatic rings. The molecule has 32 heavy (non-hydrogen) atoms. The van der Waals surface area contributed by atoms with E-state index in [9.17, 15) is 9.59 Å². The SMILES string of the molecule is C[N+](C)(C)CC(C(CN1C(=O)c2ccccc2C1=O)[N+](C)(C)C)N1CCc2ccccc21. The molecule has 0 aliphatic carbocycles. The molecule has 2 aliphatic heterocycles. The number of rotatable bonds is 7. The van der Waals surface area contributed by atoms with Gasteiger partial charge in [-0.15, -0.1) is 0 Å². The Labute approximate surface area is 191 Å². The number of hydrogen-bond acceptors (Lipinski definition) is 3. The van der Waals surface area contributed by atoms with E-state index in [1.54, 1.807) is 12.1 Å². The average Bonchev–Trinajstić information content (AvgIpc) is 3.24. The number of hydrogen-bond donors (Lipinski definition) is 0. The minimum atomic E-state index is -0.171. The molecule has 6 heteroatoms. The normalized spacial score (nSPS) is 18.1. The van der Waals surface area contributed by atoms with Crippen molar-refractivity contribution in [2.75, 3.05) is 66.8 Å². The first kappa shape index (κ1) is 22.5. The van der Waals surface area contributed by atoms with Gasteiger partial charge in [-0.05, 0) is 30.2 Å². The van der Waals surface area contributed by atoms with Gasteiger partial charge in [0.15, 0.2) is 0 Å². The Kier molecular flexibility index (Phi) is 5.63. The highest BCUT2D eigenvalue weighted by molar-refractivity contribution is 6.21. The summed E-state index contributed by atoms with van der Waals surface area (Å²) in [5.41, 5.74) is 3.70. The molecule has 2 unspecified atom stereocenters. The first-order valence-corrected chi connectivity index (χ1v) is 11.4. The molecule has 2 aromatic rings. The predicted octanol–water partition coefficient (Wildman–Crippen LogP) is 2.49. The second-order valence-corrected chi connectivity index (χ2v) is 11.1. The molecule has 170 valence electrons. The van der Waals surface area contributed by atoms with Crippen LogP contribution in [0.25, 0.3) is 0 Å². The molecule has 2 atom stereocenters. The fourth-order valence-electron chi connectivity index (χ4n) is 5.17. The van der Waals surface area contributed by atoms with Crippen molar-refractivity contribution in [3.63, 3.8) is 0 Å². The van der Waals surface area contributed by atoms with Crippen LogP contribution < -0.4 is 4.90 Å². The molecule has 0 saturated carbocycles. The largest absolute Gasteiger partial charge is 0.357 e. The Morgan fingerprint density at radius 1 is 0.844 bits per heavy atom. The molecule has 0 saturated heterocycles. The zero-order valence-electron chi connectivity index (χ0n) is 20.2. The Hall–Kier alpha value is -2.70. The second-order valence-electron chi connectivity index (χ2n) is 11.1. The van der Waals surface area contributed by atoms with Gasteiger partial charge in [-0.2, -0.15) is 0 Å². The van der Waals surface area contributed by atoms with Crippen molar-refractivity contribution >= 4 is 17.5 Å². The maximum Gasteiger partial charge on any atom is 0.261 e. The van der Waals surface area contributed by atoms with Crippen LogP contribution in [0.2, 0.25) is 0 Å². The van der Waals surface area contributed by atoms with Crippen LogP contribution in [0.15, 0.2) is 48.5 Å². The molecule has 0 aromatic heterocycles. The topological polar surface area (TPSA) is 40.6 Å². The third kappa shape index (κ3) is 4.17. The number of likely N-dealkylation sites (N-methyl/N-ethyl adjacent to an activating group) is 2. The summed E-state index contributed by atoms with van der Waals surface area (Å²) < 4.78 is 1.47. The molecule has 2 amide bonds. The summed E-state index contributed by atoms with van der Waals surface area (Å²) >= 11 is 0. The molecule has 4 rings (SSSR count). The Morgan fingerprint density at radius 3 is 1.97 bits per heavy atom. The summed E-state index contributed by atoms with van der Waals surface area (Å²) in [6.07, 6.45) is 1.03. The molecule has 2 heterocycles. The lowest BCUT2D eigenvalue weighted by Gasteiger charge is -2.46. The van der Waals surface area contributed by atoms with E-state index >= 15 is 0 Å². The molecule has 6 nitrogen and oxygen atoms in total. The lowest BCUT2D eigenvalue weighted by Crippen LogP contribution is -2.65. The highest BCUT2D eigenvalue weighted by Crippen LogP contribution is 2.33. The van der Waals surface area contributed by atoms with E-state index in [1.165, 1.54) is 16.2 Å². The van der Waals surface area contributed by atoms with Gasteiger partial charge in [0.2, 0.25) is 0 Å². The second kappa shape index (κ2) is 8.01. The van der Waals surface area contributed by atoms with E-state index in [2.05, 4.69) is 71.5 Å². The Bertz CT molecular complexity index is 1000. The van der Waals surface area contributed by atoms with Crippen molar-refractivity contribution in [2.45, 2.75) is 18.5 Å². The fraction of sp³-hybridized carbons (Fsp3) is 0.462. The van der Waals surface area contributed by atoms with E-state index in [4.69, 9.17) is 0 Å². The number of quaternary nitrogens is 2. The summed E-state index contributed by atoms with van der Waals surface area (Å²) in [7, 11) is 13.2. The fourth-order valence-corrected chi connectivity index (χ4v) is 5.17. The van der Waals surface area contributed by atoms with Gasteiger partial charge >= 0.3 is 0 Å². The molecule has 2 aromatic carbocycles. The molecule has 0 radical (unpaired) electrons. The number of amides is 2. The molecule has 0 spiro atoms. The van der Waals surface area contributed by atoms with Gasteiger partial charge in [0, 0.05) is 12.2 Å². The molecule has 0 N–H and O–H groups in total. The lowest BCUT2D eigenvalue weighted by atomic mass is 10.0. The summed E-state index contributed by atoms with van der Waals surface area (Å²) in [6, 6.07) is 16.0. The number of benzene rings is 2. The number of imide groups is 1. The van der Waals surface area contributed by atoms with Gasteiger partial charge < -0.3 is 13.9 Å². The number of nitrogens with zero attached hydrogens (tertiary/aromatic N) is 4. The minimum Gasteiger partial charge on any atom is -0.357 e. The standard InChI is InChI=1S/C26H36N4O2/c1-29(2,3)18-23(27-16-15-19-11-7-10-14-22(19)27)24(30(4,5)6)17-28-25(31)20-12-8-9-13-21(20)26(28)32/h7-14,23-24H,15-18H2,1-6H3/q+2. The van der Waals surface area contributed by atoms with Crippen LogP contribution in [-0.4, -0.2) is 99.7 Å². The van der Waals surface area contributed by atoms with Crippen LogP contribution in [-0.2, 0) is 6.42 Å². The highest BCUT2D eigenvalue weighted by Gasteiger charge is 2.46. The summed E-state index contributed by atoms with van der Waals surface area (Å²) in [5.74, 6) is -0.343. The number of para-hydroxylation sites is 1. The monoisotopic (exact) mass is 436 g/mol. The molecular weight excluding hydrogens is 400 g/mol. The van der Waals surface area contributed by atoms with Crippen LogP contribution >= 0.6 is 0 Å². The van der Waals surface area contributed by atoms with E-state index in [1.807, 2.05) is 12.1 Å². The third-order valence-electron chi connectivity index (χ3n) is 6.75. The zero-order chi connectivity index (χ0) is 23.3.